The number of nitrogen functional groups attached to an aromatic ring is 1. The van der Waals surface area contributed by atoms with Gasteiger partial charge in [0.25, 0.3) is 0 Å². The van der Waals surface area contributed by atoms with Crippen LogP contribution < -0.4 is 16.0 Å². The molecule has 1 aliphatic carbocycles. The van der Waals surface area contributed by atoms with Gasteiger partial charge in [-0.05, 0) is 48.2 Å². The first-order valence-corrected chi connectivity index (χ1v) is 7.54. The Hall–Kier alpha value is -1.87. The lowest BCUT2D eigenvalue weighted by Gasteiger charge is -2.23. The van der Waals surface area contributed by atoms with E-state index in [0.717, 1.165) is 34.9 Å². The van der Waals surface area contributed by atoms with Gasteiger partial charge in [0, 0.05) is 19.8 Å². The molecule has 0 radical (unpaired) electrons. The summed E-state index contributed by atoms with van der Waals surface area (Å²) < 4.78 is 0. The maximum atomic E-state index is 6.33. The van der Waals surface area contributed by atoms with Crippen molar-refractivity contribution in [1.29, 1.82) is 0 Å². The number of nitrogens with two attached hydrogens (primary N) is 1. The molecule has 0 heterocycles. The second-order valence-electron chi connectivity index (χ2n) is 5.72. The zero-order chi connectivity index (χ0) is 15.0. The molecule has 3 N–H and O–H groups in total. The Morgan fingerprint density at radius 2 is 2.05 bits per heavy atom. The molecule has 0 spiro atoms. The minimum Gasteiger partial charge on any atom is -0.399 e. The third-order valence-corrected chi connectivity index (χ3v) is 4.31. The molecule has 2 aromatic rings. The highest BCUT2D eigenvalue weighted by molar-refractivity contribution is 6.34. The normalized spacial score (nSPS) is 16.6. The van der Waals surface area contributed by atoms with E-state index in [2.05, 4.69) is 23.5 Å². The van der Waals surface area contributed by atoms with Gasteiger partial charge in [0.2, 0.25) is 0 Å². The molecule has 3 nitrogen and oxygen atoms in total. The fraction of sp³-hybridized carbons (Fsp3) is 0.294. The molecule has 0 saturated heterocycles. The lowest BCUT2D eigenvalue weighted by molar-refractivity contribution is 0.761. The van der Waals surface area contributed by atoms with E-state index in [-0.39, 0.29) is 0 Å². The maximum Gasteiger partial charge on any atom is 0.0786 e. The minimum atomic E-state index is 0.317. The van der Waals surface area contributed by atoms with E-state index in [9.17, 15) is 0 Å². The van der Waals surface area contributed by atoms with E-state index >= 15 is 0 Å². The first kappa shape index (κ1) is 14.1. The summed E-state index contributed by atoms with van der Waals surface area (Å²) >= 11 is 6.33. The van der Waals surface area contributed by atoms with E-state index < -0.39 is 0 Å². The van der Waals surface area contributed by atoms with Gasteiger partial charge in [0.05, 0.1) is 22.4 Å². The van der Waals surface area contributed by atoms with Crippen LogP contribution in [0.3, 0.4) is 0 Å². The topological polar surface area (TPSA) is 41.3 Å². The molecule has 0 fully saturated rings. The first-order chi connectivity index (χ1) is 10.1. The Morgan fingerprint density at radius 3 is 2.81 bits per heavy atom. The summed E-state index contributed by atoms with van der Waals surface area (Å²) in [5.41, 5.74) is 11.5. The fourth-order valence-electron chi connectivity index (χ4n) is 3.06. The predicted octanol–water partition coefficient (Wildman–Crippen LogP) is 4.09. The molecular weight excluding hydrogens is 282 g/mol. The zero-order valence-corrected chi connectivity index (χ0v) is 13.1. The number of hydrogen-bond donors (Lipinski definition) is 2. The number of hydrogen-bond acceptors (Lipinski definition) is 3. The molecule has 1 aliphatic rings. The van der Waals surface area contributed by atoms with Gasteiger partial charge in [0.15, 0.2) is 0 Å². The van der Waals surface area contributed by atoms with Crippen LogP contribution in [0.4, 0.5) is 17.1 Å². The number of para-hydroxylation sites is 1. The largest absolute Gasteiger partial charge is 0.399 e. The number of benzene rings is 2. The molecule has 21 heavy (non-hydrogen) atoms. The SMILES string of the molecule is CN(C)c1c(Cl)cccc1NC1CCc2cc(N)ccc21. The Labute approximate surface area is 130 Å². The quantitative estimate of drug-likeness (QED) is 0.839. The molecule has 0 aromatic heterocycles. The number of nitrogens with one attached hydrogen (secondary N) is 1. The van der Waals surface area contributed by atoms with Crippen molar-refractivity contribution in [2.24, 2.45) is 0 Å². The molecule has 2 aromatic carbocycles. The number of halogens is 1. The highest BCUT2D eigenvalue weighted by Crippen LogP contribution is 2.39. The number of fused-ring (bicyclic) bond motifs is 1. The molecule has 4 heteroatoms. The molecule has 0 aliphatic heterocycles. The van der Waals surface area contributed by atoms with Crippen LogP contribution >= 0.6 is 11.6 Å². The summed E-state index contributed by atoms with van der Waals surface area (Å²) in [4.78, 5) is 2.05. The van der Waals surface area contributed by atoms with Gasteiger partial charge < -0.3 is 16.0 Å². The number of rotatable bonds is 3. The lowest BCUT2D eigenvalue weighted by Crippen LogP contribution is -2.15. The molecule has 0 bridgehead atoms. The highest BCUT2D eigenvalue weighted by Gasteiger charge is 2.23. The third-order valence-electron chi connectivity index (χ3n) is 4.01. The zero-order valence-electron chi connectivity index (χ0n) is 12.4. The van der Waals surface area contributed by atoms with E-state index in [1.54, 1.807) is 0 Å². The number of anilines is 3. The van der Waals surface area contributed by atoms with Crippen molar-refractivity contribution < 1.29 is 0 Å². The molecule has 1 unspecified atom stereocenters. The average molecular weight is 302 g/mol. The number of nitrogens with zero attached hydrogens (tertiary/aromatic N) is 1. The van der Waals surface area contributed by atoms with Crippen molar-refractivity contribution in [3.05, 3.63) is 52.5 Å². The first-order valence-electron chi connectivity index (χ1n) is 7.17. The highest BCUT2D eigenvalue weighted by atomic mass is 35.5. The monoisotopic (exact) mass is 301 g/mol. The van der Waals surface area contributed by atoms with Gasteiger partial charge in [0.1, 0.15) is 0 Å². The van der Waals surface area contributed by atoms with Crippen LogP contribution in [-0.4, -0.2) is 14.1 Å². The Morgan fingerprint density at radius 1 is 1.24 bits per heavy atom. The van der Waals surface area contributed by atoms with Crippen molar-refractivity contribution in [1.82, 2.24) is 0 Å². The van der Waals surface area contributed by atoms with Gasteiger partial charge in [-0.1, -0.05) is 23.7 Å². The van der Waals surface area contributed by atoms with Crippen LogP contribution in [0.5, 0.6) is 0 Å². The smallest absolute Gasteiger partial charge is 0.0786 e. The van der Waals surface area contributed by atoms with Crippen molar-refractivity contribution in [2.45, 2.75) is 18.9 Å². The van der Waals surface area contributed by atoms with Crippen LogP contribution in [0, 0.1) is 0 Å². The average Bonchev–Trinajstić information content (AvgIpc) is 2.80. The summed E-state index contributed by atoms with van der Waals surface area (Å²) in [6, 6.07) is 12.5. The van der Waals surface area contributed by atoms with Crippen LogP contribution in [0.1, 0.15) is 23.6 Å². The molecular formula is C17H20ClN3. The van der Waals surface area contributed by atoms with Gasteiger partial charge in [-0.3, -0.25) is 0 Å². The Balaban J connectivity index is 1.92. The van der Waals surface area contributed by atoms with Crippen LogP contribution in [0.25, 0.3) is 0 Å². The predicted molar refractivity (Wildman–Crippen MR) is 91.3 cm³/mol. The summed E-state index contributed by atoms with van der Waals surface area (Å²) in [6.45, 7) is 0. The van der Waals surface area contributed by atoms with E-state index in [4.69, 9.17) is 17.3 Å². The van der Waals surface area contributed by atoms with Crippen molar-refractivity contribution in [2.75, 3.05) is 30.0 Å². The second-order valence-corrected chi connectivity index (χ2v) is 6.13. The van der Waals surface area contributed by atoms with Gasteiger partial charge in [-0.25, -0.2) is 0 Å². The van der Waals surface area contributed by atoms with Crippen LogP contribution in [0.15, 0.2) is 36.4 Å². The summed E-state index contributed by atoms with van der Waals surface area (Å²) in [6.07, 6.45) is 2.15. The summed E-state index contributed by atoms with van der Waals surface area (Å²) in [5, 5.41) is 4.40. The van der Waals surface area contributed by atoms with Gasteiger partial charge in [-0.2, -0.15) is 0 Å². The van der Waals surface area contributed by atoms with Crippen LogP contribution in [0.2, 0.25) is 5.02 Å². The van der Waals surface area contributed by atoms with Gasteiger partial charge in [-0.15, -0.1) is 0 Å². The Kier molecular flexibility index (Phi) is 3.68. The van der Waals surface area contributed by atoms with Crippen molar-refractivity contribution in [3.63, 3.8) is 0 Å². The molecule has 1 atom stereocenters. The molecule has 0 saturated carbocycles. The van der Waals surface area contributed by atoms with Crippen molar-refractivity contribution in [3.8, 4) is 0 Å². The van der Waals surface area contributed by atoms with E-state index in [0.29, 0.717) is 6.04 Å². The van der Waals surface area contributed by atoms with Gasteiger partial charge >= 0.3 is 0 Å². The molecule has 3 rings (SSSR count). The van der Waals surface area contributed by atoms with E-state index in [1.807, 2.05) is 37.2 Å². The van der Waals surface area contributed by atoms with Crippen LogP contribution in [-0.2, 0) is 6.42 Å². The third kappa shape index (κ3) is 2.66. The molecule has 0 amide bonds. The summed E-state index contributed by atoms with van der Waals surface area (Å²) in [7, 11) is 4.02. The standard InChI is InChI=1S/C17H20ClN3/c1-21(2)17-14(18)4-3-5-16(17)20-15-9-6-11-10-12(19)7-8-13(11)15/h3-5,7-8,10,15,20H,6,9,19H2,1-2H3. The molecule has 110 valence electrons. The lowest BCUT2D eigenvalue weighted by atomic mass is 10.1. The number of aryl methyl sites for hydroxylation is 1. The second kappa shape index (κ2) is 5.49. The Bertz CT molecular complexity index is 667. The van der Waals surface area contributed by atoms with E-state index in [1.165, 1.54) is 11.1 Å². The van der Waals surface area contributed by atoms with Crippen molar-refractivity contribution >= 4 is 28.7 Å². The summed E-state index contributed by atoms with van der Waals surface area (Å²) in [5.74, 6) is 0. The fourth-order valence-corrected chi connectivity index (χ4v) is 3.40. The maximum absolute atomic E-state index is 6.33. The minimum absolute atomic E-state index is 0.317.